The third-order valence-electron chi connectivity index (χ3n) is 2.07. The Balaban J connectivity index is 2.22. The Morgan fingerprint density at radius 1 is 1.00 bits per heavy atom. The van der Waals surface area contributed by atoms with Gasteiger partial charge in [-0.2, -0.15) is 0 Å². The second-order valence-electron chi connectivity index (χ2n) is 3.91. The molecule has 0 bridgehead atoms. The molecule has 0 atom stereocenters. The zero-order valence-corrected chi connectivity index (χ0v) is 11.3. The van der Waals surface area contributed by atoms with E-state index in [0.29, 0.717) is 44.5 Å². The maximum atomic E-state index is 5.50. The van der Waals surface area contributed by atoms with E-state index in [-0.39, 0.29) is 6.10 Å². The molecule has 1 heterocycles. The van der Waals surface area contributed by atoms with E-state index >= 15 is 0 Å². The molecule has 5 nitrogen and oxygen atoms in total. The van der Waals surface area contributed by atoms with Crippen LogP contribution in [0.1, 0.15) is 20.8 Å². The van der Waals surface area contributed by atoms with Crippen molar-refractivity contribution in [1.82, 2.24) is 0 Å². The monoisotopic (exact) mass is 258 g/mol. The van der Waals surface area contributed by atoms with Gasteiger partial charge in [0.15, 0.2) is 11.5 Å². The van der Waals surface area contributed by atoms with Crippen LogP contribution in [0.5, 0.6) is 11.5 Å². The van der Waals surface area contributed by atoms with Gasteiger partial charge in [-0.25, -0.2) is 0 Å². The number of hydrogen-bond donors (Lipinski definition) is 0. The van der Waals surface area contributed by atoms with Gasteiger partial charge in [-0.3, -0.25) is 0 Å². The fraction of sp³-hybridized carbons (Fsp3) is 0.692. The summed E-state index contributed by atoms with van der Waals surface area (Å²) < 4.78 is 26.6. The standard InChI is InChI=1S/C13H22O5/c1-4-14-5-6-17-12-9-15-10-13(12)18-8-7-16-11(2)3/h9-11H,4-8H2,1-3H3. The lowest BCUT2D eigenvalue weighted by molar-refractivity contribution is 0.0540. The summed E-state index contributed by atoms with van der Waals surface area (Å²) in [5.74, 6) is 1.19. The molecule has 18 heavy (non-hydrogen) atoms. The van der Waals surface area contributed by atoms with Crippen molar-refractivity contribution >= 4 is 0 Å². The second kappa shape index (κ2) is 8.83. The Labute approximate surface area is 108 Å². The predicted molar refractivity (Wildman–Crippen MR) is 67.3 cm³/mol. The molecule has 5 heteroatoms. The summed E-state index contributed by atoms with van der Waals surface area (Å²) in [6.07, 6.45) is 3.25. The van der Waals surface area contributed by atoms with Gasteiger partial charge in [-0.15, -0.1) is 0 Å². The van der Waals surface area contributed by atoms with E-state index in [1.165, 1.54) is 12.5 Å². The summed E-state index contributed by atoms with van der Waals surface area (Å²) in [4.78, 5) is 0. The van der Waals surface area contributed by atoms with Crippen LogP contribution in [0, 0.1) is 0 Å². The summed E-state index contributed by atoms with van der Waals surface area (Å²) >= 11 is 0. The normalized spacial score (nSPS) is 10.9. The lowest BCUT2D eigenvalue weighted by atomic mass is 10.5. The van der Waals surface area contributed by atoms with E-state index in [1.54, 1.807) is 0 Å². The van der Waals surface area contributed by atoms with Crippen molar-refractivity contribution in [2.24, 2.45) is 0 Å². The van der Waals surface area contributed by atoms with Gasteiger partial charge in [0.25, 0.3) is 0 Å². The Bertz CT molecular complexity index is 308. The molecule has 0 spiro atoms. The summed E-state index contributed by atoms with van der Waals surface area (Å²) in [7, 11) is 0. The first-order chi connectivity index (χ1) is 8.74. The quantitative estimate of drug-likeness (QED) is 0.603. The highest BCUT2D eigenvalue weighted by atomic mass is 16.6. The lowest BCUT2D eigenvalue weighted by Gasteiger charge is -2.09. The van der Waals surface area contributed by atoms with E-state index in [9.17, 15) is 0 Å². The average Bonchev–Trinajstić information content (AvgIpc) is 2.78. The van der Waals surface area contributed by atoms with Crippen molar-refractivity contribution in [3.05, 3.63) is 12.5 Å². The van der Waals surface area contributed by atoms with Gasteiger partial charge in [0.05, 0.1) is 19.3 Å². The van der Waals surface area contributed by atoms with Gasteiger partial charge in [-0.05, 0) is 20.8 Å². The fourth-order valence-electron chi connectivity index (χ4n) is 1.27. The molecule has 1 aromatic heterocycles. The maximum Gasteiger partial charge on any atom is 0.199 e. The molecule has 1 rings (SSSR count). The highest BCUT2D eigenvalue weighted by Gasteiger charge is 2.08. The zero-order valence-electron chi connectivity index (χ0n) is 11.3. The van der Waals surface area contributed by atoms with E-state index in [1.807, 2.05) is 20.8 Å². The Morgan fingerprint density at radius 3 is 2.17 bits per heavy atom. The minimum atomic E-state index is 0.208. The number of furan rings is 1. The molecule has 104 valence electrons. The molecular formula is C13H22O5. The maximum absolute atomic E-state index is 5.50. The Hall–Kier alpha value is -1.20. The van der Waals surface area contributed by atoms with E-state index in [0.717, 1.165) is 0 Å². The first kappa shape index (κ1) is 14.9. The smallest absolute Gasteiger partial charge is 0.199 e. The average molecular weight is 258 g/mol. The van der Waals surface area contributed by atoms with Crippen LogP contribution in [0.2, 0.25) is 0 Å². The Kier molecular flexibility index (Phi) is 7.29. The molecule has 0 fully saturated rings. The largest absolute Gasteiger partial charge is 0.484 e. The summed E-state index contributed by atoms with van der Waals surface area (Å²) in [5.41, 5.74) is 0. The van der Waals surface area contributed by atoms with Crippen molar-refractivity contribution in [2.75, 3.05) is 33.0 Å². The molecule has 0 amide bonds. The van der Waals surface area contributed by atoms with Gasteiger partial charge in [0.2, 0.25) is 0 Å². The molecule has 0 aliphatic rings. The topological polar surface area (TPSA) is 50.1 Å². The van der Waals surface area contributed by atoms with Crippen LogP contribution in [0.4, 0.5) is 0 Å². The highest BCUT2D eigenvalue weighted by Crippen LogP contribution is 2.28. The number of ether oxygens (including phenoxy) is 4. The minimum absolute atomic E-state index is 0.208. The summed E-state index contributed by atoms with van der Waals surface area (Å²) in [5, 5.41) is 0. The van der Waals surface area contributed by atoms with Crippen LogP contribution in [0.25, 0.3) is 0 Å². The molecule has 0 unspecified atom stereocenters. The molecule has 0 aliphatic heterocycles. The van der Waals surface area contributed by atoms with Crippen molar-refractivity contribution in [3.8, 4) is 11.5 Å². The molecule has 0 radical (unpaired) electrons. The predicted octanol–water partition coefficient (Wildman–Crippen LogP) is 2.50. The van der Waals surface area contributed by atoms with Crippen molar-refractivity contribution in [2.45, 2.75) is 26.9 Å². The van der Waals surface area contributed by atoms with Crippen LogP contribution >= 0.6 is 0 Å². The molecule has 0 aliphatic carbocycles. The molecule has 0 aromatic carbocycles. The molecule has 0 N–H and O–H groups in total. The van der Waals surface area contributed by atoms with Gasteiger partial charge >= 0.3 is 0 Å². The summed E-state index contributed by atoms with van der Waals surface area (Å²) in [6.45, 7) is 8.65. The summed E-state index contributed by atoms with van der Waals surface area (Å²) in [6, 6.07) is 0. The van der Waals surface area contributed by atoms with Crippen LogP contribution in [-0.4, -0.2) is 39.1 Å². The third-order valence-corrected chi connectivity index (χ3v) is 2.07. The molecular weight excluding hydrogens is 236 g/mol. The van der Waals surface area contributed by atoms with E-state index in [4.69, 9.17) is 23.4 Å². The van der Waals surface area contributed by atoms with Gasteiger partial charge in [0, 0.05) is 6.61 Å². The van der Waals surface area contributed by atoms with Gasteiger partial charge in [0.1, 0.15) is 25.7 Å². The highest BCUT2D eigenvalue weighted by molar-refractivity contribution is 5.34. The number of rotatable bonds is 10. The Morgan fingerprint density at radius 2 is 1.61 bits per heavy atom. The third kappa shape index (κ3) is 5.93. The molecule has 0 saturated carbocycles. The van der Waals surface area contributed by atoms with Crippen molar-refractivity contribution in [1.29, 1.82) is 0 Å². The van der Waals surface area contributed by atoms with Crippen LogP contribution in [0.3, 0.4) is 0 Å². The first-order valence-corrected chi connectivity index (χ1v) is 6.25. The molecule has 0 saturated heterocycles. The second-order valence-corrected chi connectivity index (χ2v) is 3.91. The number of hydrogen-bond acceptors (Lipinski definition) is 5. The first-order valence-electron chi connectivity index (χ1n) is 6.25. The van der Waals surface area contributed by atoms with Crippen LogP contribution in [-0.2, 0) is 9.47 Å². The SMILES string of the molecule is CCOCCOc1cocc1OCCOC(C)C. The lowest BCUT2D eigenvalue weighted by Crippen LogP contribution is -2.12. The van der Waals surface area contributed by atoms with Crippen molar-refractivity contribution in [3.63, 3.8) is 0 Å². The van der Waals surface area contributed by atoms with Crippen LogP contribution in [0.15, 0.2) is 16.9 Å². The van der Waals surface area contributed by atoms with Gasteiger partial charge in [-0.1, -0.05) is 0 Å². The zero-order chi connectivity index (χ0) is 13.2. The van der Waals surface area contributed by atoms with E-state index in [2.05, 4.69) is 0 Å². The molecule has 1 aromatic rings. The fourth-order valence-corrected chi connectivity index (χ4v) is 1.27. The van der Waals surface area contributed by atoms with Crippen LogP contribution < -0.4 is 9.47 Å². The van der Waals surface area contributed by atoms with Crippen molar-refractivity contribution < 1.29 is 23.4 Å². The minimum Gasteiger partial charge on any atom is -0.484 e. The van der Waals surface area contributed by atoms with E-state index < -0.39 is 0 Å². The van der Waals surface area contributed by atoms with Gasteiger partial charge < -0.3 is 23.4 Å².